The molecule has 1 saturated heterocycles. The molecule has 5 rings (SSSR count). The molecule has 1 unspecified atom stereocenters. The number of carbonyl (C=O) groups excluding carboxylic acids is 1. The van der Waals surface area contributed by atoms with E-state index in [1.165, 1.54) is 24.0 Å². The summed E-state index contributed by atoms with van der Waals surface area (Å²) in [7, 11) is 4.01. The van der Waals surface area contributed by atoms with Crippen molar-refractivity contribution in [1.82, 2.24) is 14.9 Å². The van der Waals surface area contributed by atoms with Gasteiger partial charge in [-0.3, -0.25) is 4.79 Å². The van der Waals surface area contributed by atoms with Gasteiger partial charge in [-0.1, -0.05) is 24.3 Å². The fourth-order valence-corrected chi connectivity index (χ4v) is 4.82. The zero-order valence-electron chi connectivity index (χ0n) is 18.4. The molecule has 3 aliphatic rings. The van der Waals surface area contributed by atoms with Crippen LogP contribution < -0.4 is 9.80 Å². The van der Waals surface area contributed by atoms with E-state index in [9.17, 15) is 4.79 Å². The third-order valence-corrected chi connectivity index (χ3v) is 6.71. The van der Waals surface area contributed by atoms with Gasteiger partial charge in [-0.25, -0.2) is 9.97 Å². The molecule has 2 fully saturated rings. The number of likely N-dealkylation sites (tertiary alicyclic amines) is 1. The molecule has 7 nitrogen and oxygen atoms in total. The molecule has 1 aromatic heterocycles. The van der Waals surface area contributed by atoms with Crippen molar-refractivity contribution in [3.63, 3.8) is 0 Å². The van der Waals surface area contributed by atoms with Gasteiger partial charge in [0.05, 0.1) is 6.61 Å². The first-order chi connectivity index (χ1) is 15.1. The van der Waals surface area contributed by atoms with E-state index >= 15 is 0 Å². The van der Waals surface area contributed by atoms with E-state index in [0.29, 0.717) is 25.1 Å². The monoisotopic (exact) mass is 421 g/mol. The zero-order chi connectivity index (χ0) is 21.4. The molecular formula is C24H31N5O2. The van der Waals surface area contributed by atoms with Crippen molar-refractivity contribution in [2.75, 3.05) is 37.0 Å². The molecular weight excluding hydrogens is 390 g/mol. The van der Waals surface area contributed by atoms with Crippen LogP contribution in [-0.4, -0.2) is 66.1 Å². The Hall–Kier alpha value is -2.67. The van der Waals surface area contributed by atoms with E-state index in [2.05, 4.69) is 33.1 Å². The summed E-state index contributed by atoms with van der Waals surface area (Å²) in [4.78, 5) is 28.6. The Morgan fingerprint density at radius 3 is 2.39 bits per heavy atom. The number of hydrogen-bond acceptors (Lipinski definition) is 6. The predicted molar refractivity (Wildman–Crippen MR) is 120 cm³/mol. The van der Waals surface area contributed by atoms with E-state index in [-0.39, 0.29) is 12.0 Å². The molecule has 0 bridgehead atoms. The summed E-state index contributed by atoms with van der Waals surface area (Å²) in [6.45, 7) is 2.08. The van der Waals surface area contributed by atoms with Crippen molar-refractivity contribution >= 4 is 17.5 Å². The number of benzene rings is 1. The highest BCUT2D eigenvalue weighted by Gasteiger charge is 2.38. The van der Waals surface area contributed by atoms with Crippen LogP contribution in [0.1, 0.15) is 36.8 Å². The molecule has 0 radical (unpaired) electrons. The van der Waals surface area contributed by atoms with E-state index in [1.807, 2.05) is 36.0 Å². The molecule has 1 saturated carbocycles. The highest BCUT2D eigenvalue weighted by atomic mass is 16.5. The summed E-state index contributed by atoms with van der Waals surface area (Å²) in [6.07, 6.45) is 6.36. The zero-order valence-corrected chi connectivity index (χ0v) is 18.4. The maximum Gasteiger partial charge on any atom is 0.252 e. The minimum atomic E-state index is -0.351. The van der Waals surface area contributed by atoms with Gasteiger partial charge in [-0.15, -0.1) is 0 Å². The normalized spacial score (nSPS) is 21.5. The number of rotatable bonds is 5. The second kappa shape index (κ2) is 8.46. The highest BCUT2D eigenvalue weighted by Crippen LogP contribution is 2.36. The third kappa shape index (κ3) is 4.24. The van der Waals surface area contributed by atoms with Crippen LogP contribution in [0.25, 0.3) is 0 Å². The summed E-state index contributed by atoms with van der Waals surface area (Å²) in [5.74, 6) is 2.08. The van der Waals surface area contributed by atoms with Crippen LogP contribution in [0.5, 0.6) is 0 Å². The fraction of sp³-hybridized carbons (Fsp3) is 0.542. The smallest absolute Gasteiger partial charge is 0.252 e. The van der Waals surface area contributed by atoms with E-state index in [1.54, 1.807) is 6.33 Å². The predicted octanol–water partition coefficient (Wildman–Crippen LogP) is 2.64. The molecule has 1 amide bonds. The number of anilines is 2. The molecule has 2 aliphatic heterocycles. The molecule has 1 aliphatic carbocycles. The van der Waals surface area contributed by atoms with Crippen molar-refractivity contribution in [2.24, 2.45) is 0 Å². The van der Waals surface area contributed by atoms with E-state index < -0.39 is 0 Å². The molecule has 3 heterocycles. The van der Waals surface area contributed by atoms with Crippen LogP contribution in [0.15, 0.2) is 36.7 Å². The minimum Gasteiger partial charge on any atom is -0.363 e. The molecule has 7 heteroatoms. The number of fused-ring (bicyclic) bond motifs is 1. The fourth-order valence-electron chi connectivity index (χ4n) is 4.82. The summed E-state index contributed by atoms with van der Waals surface area (Å²) in [6, 6.07) is 11.3. The Balaban J connectivity index is 1.23. The van der Waals surface area contributed by atoms with Gasteiger partial charge >= 0.3 is 0 Å². The minimum absolute atomic E-state index is 0.142. The van der Waals surface area contributed by atoms with Crippen molar-refractivity contribution in [1.29, 1.82) is 0 Å². The Kier molecular flexibility index (Phi) is 5.52. The first kappa shape index (κ1) is 20.2. The van der Waals surface area contributed by atoms with E-state index in [0.717, 1.165) is 37.6 Å². The lowest BCUT2D eigenvalue weighted by molar-refractivity contribution is -0.146. The number of amides is 1. The molecule has 0 N–H and O–H groups in total. The second-order valence-electron chi connectivity index (χ2n) is 9.10. The van der Waals surface area contributed by atoms with Crippen LogP contribution >= 0.6 is 0 Å². The molecule has 1 atom stereocenters. The van der Waals surface area contributed by atoms with Crippen molar-refractivity contribution < 1.29 is 9.53 Å². The number of piperidine rings is 1. The lowest BCUT2D eigenvalue weighted by atomic mass is 9.97. The summed E-state index contributed by atoms with van der Waals surface area (Å²) in [5.41, 5.74) is 2.44. The molecule has 0 spiro atoms. The lowest BCUT2D eigenvalue weighted by Crippen LogP contribution is -2.51. The van der Waals surface area contributed by atoms with Gasteiger partial charge in [0.25, 0.3) is 5.91 Å². The van der Waals surface area contributed by atoms with Gasteiger partial charge in [-0.2, -0.15) is 0 Å². The van der Waals surface area contributed by atoms with Gasteiger partial charge < -0.3 is 19.4 Å². The SMILES string of the molecule is CN(C)c1cc(N(C2CC2)C2CCN(C(=O)C3Cc4ccccc4CO3)CC2)ncn1. The standard InChI is InChI=1S/C24H31N5O2/c1-27(2)22-14-23(26-16-25-22)29(19-7-8-19)20-9-11-28(12-10-20)24(30)21-13-17-5-3-4-6-18(17)15-31-21/h3-6,14,16,19-21H,7-13,15H2,1-2H3. The number of ether oxygens (including phenoxy) is 1. The number of hydrogen-bond donors (Lipinski definition) is 0. The second-order valence-corrected chi connectivity index (χ2v) is 9.10. The quantitative estimate of drug-likeness (QED) is 0.740. The van der Waals surface area contributed by atoms with Gasteiger partial charge in [0, 0.05) is 51.8 Å². The first-order valence-electron chi connectivity index (χ1n) is 11.3. The summed E-state index contributed by atoms with van der Waals surface area (Å²) >= 11 is 0. The van der Waals surface area contributed by atoms with Crippen LogP contribution in [0, 0.1) is 0 Å². The first-order valence-corrected chi connectivity index (χ1v) is 11.3. The Bertz CT molecular complexity index is 937. The van der Waals surface area contributed by atoms with Crippen molar-refractivity contribution in [3.8, 4) is 0 Å². The molecule has 2 aromatic rings. The Morgan fingerprint density at radius 2 is 1.68 bits per heavy atom. The maximum atomic E-state index is 13.1. The van der Waals surface area contributed by atoms with Crippen molar-refractivity contribution in [2.45, 2.75) is 56.9 Å². The van der Waals surface area contributed by atoms with Crippen LogP contribution in [0.3, 0.4) is 0 Å². The summed E-state index contributed by atoms with van der Waals surface area (Å²) in [5, 5.41) is 0. The van der Waals surface area contributed by atoms with Crippen molar-refractivity contribution in [3.05, 3.63) is 47.8 Å². The largest absolute Gasteiger partial charge is 0.363 e. The van der Waals surface area contributed by atoms with Gasteiger partial charge in [0.1, 0.15) is 24.1 Å². The average molecular weight is 422 g/mol. The van der Waals surface area contributed by atoms with Gasteiger partial charge in [-0.05, 0) is 36.8 Å². The lowest BCUT2D eigenvalue weighted by Gasteiger charge is -2.40. The van der Waals surface area contributed by atoms with Crippen LogP contribution in [0.2, 0.25) is 0 Å². The van der Waals surface area contributed by atoms with E-state index in [4.69, 9.17) is 4.74 Å². The number of nitrogens with zero attached hydrogens (tertiary/aromatic N) is 5. The summed E-state index contributed by atoms with van der Waals surface area (Å²) < 4.78 is 5.92. The number of aromatic nitrogens is 2. The highest BCUT2D eigenvalue weighted by molar-refractivity contribution is 5.81. The van der Waals surface area contributed by atoms with Gasteiger partial charge in [0.15, 0.2) is 0 Å². The van der Waals surface area contributed by atoms with Crippen LogP contribution in [0.4, 0.5) is 11.6 Å². The molecule has 1 aromatic carbocycles. The average Bonchev–Trinajstić information content (AvgIpc) is 3.64. The number of carbonyl (C=O) groups is 1. The topological polar surface area (TPSA) is 61.8 Å². The third-order valence-electron chi connectivity index (χ3n) is 6.71. The molecule has 31 heavy (non-hydrogen) atoms. The van der Waals surface area contributed by atoms with Gasteiger partial charge in [0.2, 0.25) is 0 Å². The Morgan fingerprint density at radius 1 is 1.00 bits per heavy atom. The van der Waals surface area contributed by atoms with Crippen LogP contribution in [-0.2, 0) is 22.6 Å². The molecule has 164 valence electrons. The maximum absolute atomic E-state index is 13.1. The Labute approximate surface area is 184 Å².